The summed E-state index contributed by atoms with van der Waals surface area (Å²) in [5, 5.41) is 25.0. The number of hydrogen-bond acceptors (Lipinski definition) is 3. The summed E-state index contributed by atoms with van der Waals surface area (Å²) in [6, 6.07) is 20.2. The second kappa shape index (κ2) is 5.18. The van der Waals surface area contributed by atoms with Crippen LogP contribution in [0.25, 0.3) is 27.7 Å². The van der Waals surface area contributed by atoms with Crippen molar-refractivity contribution in [2.24, 2.45) is 0 Å². The Bertz CT molecular complexity index is 988. The Balaban J connectivity index is 1.78. The molecule has 23 heavy (non-hydrogen) atoms. The smallest absolute Gasteiger partial charge is 0.123 e. The lowest BCUT2D eigenvalue weighted by atomic mass is 10.0. The zero-order valence-corrected chi connectivity index (χ0v) is 12.2. The van der Waals surface area contributed by atoms with E-state index in [1.165, 1.54) is 0 Å². The quantitative estimate of drug-likeness (QED) is 0.586. The second-order valence-electron chi connectivity index (χ2n) is 5.36. The lowest BCUT2D eigenvalue weighted by molar-refractivity contribution is 0.475. The molecule has 0 bridgehead atoms. The lowest BCUT2D eigenvalue weighted by Gasteiger charge is -2.07. The normalized spacial score (nSPS) is 11.0. The van der Waals surface area contributed by atoms with Gasteiger partial charge in [0, 0.05) is 17.0 Å². The highest BCUT2D eigenvalue weighted by Crippen LogP contribution is 2.30. The maximum atomic E-state index is 9.94. The molecule has 0 amide bonds. The van der Waals surface area contributed by atoms with Crippen LogP contribution in [0.1, 0.15) is 0 Å². The monoisotopic (exact) mass is 302 g/mol. The first kappa shape index (κ1) is 13.4. The van der Waals surface area contributed by atoms with Gasteiger partial charge in [-0.1, -0.05) is 30.3 Å². The summed E-state index contributed by atoms with van der Waals surface area (Å²) in [6.07, 6.45) is 1.77. The fraction of sp³-hybridized carbons (Fsp3) is 0. The fourth-order valence-electron chi connectivity index (χ4n) is 2.71. The Morgan fingerprint density at radius 3 is 2.39 bits per heavy atom. The number of aromatic nitrogens is 2. The summed E-state index contributed by atoms with van der Waals surface area (Å²) in [4.78, 5) is 0. The van der Waals surface area contributed by atoms with Crippen LogP contribution in [-0.2, 0) is 0 Å². The molecule has 1 heterocycles. The number of hydrogen-bond donors (Lipinski definition) is 2. The Morgan fingerprint density at radius 1 is 0.826 bits per heavy atom. The maximum Gasteiger partial charge on any atom is 0.123 e. The number of phenolic OH excluding ortho intramolecular Hbond substituents is 2. The number of aromatic hydroxyl groups is 2. The highest BCUT2D eigenvalue weighted by atomic mass is 16.3. The van der Waals surface area contributed by atoms with Gasteiger partial charge in [0.2, 0.25) is 0 Å². The van der Waals surface area contributed by atoms with Crippen LogP contribution in [-0.4, -0.2) is 20.0 Å². The average Bonchev–Trinajstić information content (AvgIpc) is 2.98. The van der Waals surface area contributed by atoms with Crippen molar-refractivity contribution in [3.63, 3.8) is 0 Å². The highest BCUT2D eigenvalue weighted by Gasteiger charge is 2.07. The summed E-state index contributed by atoms with van der Waals surface area (Å²) >= 11 is 0. The Morgan fingerprint density at radius 2 is 1.61 bits per heavy atom. The van der Waals surface area contributed by atoms with Crippen molar-refractivity contribution >= 4 is 10.9 Å². The van der Waals surface area contributed by atoms with Crippen LogP contribution in [0.3, 0.4) is 0 Å². The van der Waals surface area contributed by atoms with Crippen LogP contribution in [0.4, 0.5) is 0 Å². The molecule has 4 heteroatoms. The first-order valence-corrected chi connectivity index (χ1v) is 7.28. The van der Waals surface area contributed by atoms with E-state index in [0.29, 0.717) is 0 Å². The number of benzene rings is 3. The van der Waals surface area contributed by atoms with Gasteiger partial charge in [0.15, 0.2) is 0 Å². The van der Waals surface area contributed by atoms with E-state index in [-0.39, 0.29) is 11.5 Å². The van der Waals surface area contributed by atoms with Crippen molar-refractivity contribution < 1.29 is 10.2 Å². The van der Waals surface area contributed by atoms with Gasteiger partial charge in [0.05, 0.1) is 17.4 Å². The SMILES string of the molecule is Oc1ccc2cnn(-c3ccc(-c4ccccc4O)cc3)c2c1. The van der Waals surface area contributed by atoms with E-state index in [4.69, 9.17) is 0 Å². The molecule has 0 unspecified atom stereocenters. The summed E-state index contributed by atoms with van der Waals surface area (Å²) in [7, 11) is 0. The van der Waals surface area contributed by atoms with E-state index in [1.807, 2.05) is 42.5 Å². The molecule has 0 fully saturated rings. The predicted octanol–water partition coefficient (Wildman–Crippen LogP) is 4.10. The number of nitrogens with zero attached hydrogens (tertiary/aromatic N) is 2. The van der Waals surface area contributed by atoms with Gasteiger partial charge in [-0.25, -0.2) is 4.68 Å². The van der Waals surface area contributed by atoms with Crippen molar-refractivity contribution in [3.05, 3.63) is 72.9 Å². The molecule has 2 N–H and O–H groups in total. The maximum absolute atomic E-state index is 9.94. The third-order valence-electron chi connectivity index (χ3n) is 3.88. The van der Waals surface area contributed by atoms with Gasteiger partial charge >= 0.3 is 0 Å². The van der Waals surface area contributed by atoms with E-state index in [2.05, 4.69) is 5.10 Å². The molecule has 0 aliphatic rings. The number of para-hydroxylation sites is 1. The van der Waals surface area contributed by atoms with Crippen molar-refractivity contribution in [3.8, 4) is 28.3 Å². The summed E-state index contributed by atoms with van der Waals surface area (Å²) in [6.45, 7) is 0. The molecule has 3 aromatic carbocycles. The van der Waals surface area contributed by atoms with E-state index >= 15 is 0 Å². The van der Waals surface area contributed by atoms with Gasteiger partial charge in [-0.05, 0) is 35.9 Å². The zero-order valence-electron chi connectivity index (χ0n) is 12.2. The average molecular weight is 302 g/mol. The fourth-order valence-corrected chi connectivity index (χ4v) is 2.71. The van der Waals surface area contributed by atoms with Crippen molar-refractivity contribution in [1.29, 1.82) is 0 Å². The van der Waals surface area contributed by atoms with E-state index < -0.39 is 0 Å². The van der Waals surface area contributed by atoms with Crippen LogP contribution in [0.2, 0.25) is 0 Å². The van der Waals surface area contributed by atoms with Crippen LogP contribution in [0, 0.1) is 0 Å². The standard InChI is InChI=1S/C19H14N2O2/c22-16-10-7-14-12-20-21(18(14)11-16)15-8-5-13(6-9-15)17-3-1-2-4-19(17)23/h1-12,22-23H. The lowest BCUT2D eigenvalue weighted by Crippen LogP contribution is -1.95. The third kappa shape index (κ3) is 2.30. The first-order valence-electron chi connectivity index (χ1n) is 7.28. The second-order valence-corrected chi connectivity index (χ2v) is 5.36. The summed E-state index contributed by atoms with van der Waals surface area (Å²) in [5.74, 6) is 0.472. The molecule has 0 saturated heterocycles. The minimum atomic E-state index is 0.213. The zero-order chi connectivity index (χ0) is 15.8. The van der Waals surface area contributed by atoms with E-state index in [1.54, 1.807) is 35.1 Å². The highest BCUT2D eigenvalue weighted by molar-refractivity contribution is 5.82. The Labute approximate surface area is 132 Å². The van der Waals surface area contributed by atoms with Gasteiger partial charge in [-0.3, -0.25) is 0 Å². The number of fused-ring (bicyclic) bond motifs is 1. The molecule has 0 aliphatic carbocycles. The summed E-state index contributed by atoms with van der Waals surface area (Å²) in [5.41, 5.74) is 3.47. The molecular weight excluding hydrogens is 288 g/mol. The topological polar surface area (TPSA) is 58.3 Å². The molecular formula is C19H14N2O2. The predicted molar refractivity (Wildman–Crippen MR) is 89.8 cm³/mol. The molecule has 0 spiro atoms. The Kier molecular flexibility index (Phi) is 3.01. The Hall–Kier alpha value is -3.27. The number of phenols is 2. The van der Waals surface area contributed by atoms with E-state index in [0.717, 1.165) is 27.7 Å². The molecule has 4 aromatic rings. The van der Waals surface area contributed by atoms with Crippen LogP contribution < -0.4 is 0 Å². The molecule has 0 atom stereocenters. The van der Waals surface area contributed by atoms with Crippen LogP contribution in [0.15, 0.2) is 72.9 Å². The molecule has 0 radical (unpaired) electrons. The molecule has 1 aromatic heterocycles. The molecule has 0 saturated carbocycles. The van der Waals surface area contributed by atoms with Gasteiger partial charge < -0.3 is 10.2 Å². The van der Waals surface area contributed by atoms with Gasteiger partial charge in [0.1, 0.15) is 11.5 Å². The van der Waals surface area contributed by atoms with Gasteiger partial charge in [-0.15, -0.1) is 0 Å². The molecule has 4 nitrogen and oxygen atoms in total. The summed E-state index contributed by atoms with van der Waals surface area (Å²) < 4.78 is 1.78. The molecule has 112 valence electrons. The number of rotatable bonds is 2. The van der Waals surface area contributed by atoms with Crippen molar-refractivity contribution in [1.82, 2.24) is 9.78 Å². The van der Waals surface area contributed by atoms with E-state index in [9.17, 15) is 10.2 Å². The first-order chi connectivity index (χ1) is 11.2. The van der Waals surface area contributed by atoms with Crippen molar-refractivity contribution in [2.45, 2.75) is 0 Å². The van der Waals surface area contributed by atoms with Gasteiger partial charge in [0.25, 0.3) is 0 Å². The molecule has 0 aliphatic heterocycles. The largest absolute Gasteiger partial charge is 0.508 e. The minimum Gasteiger partial charge on any atom is -0.508 e. The van der Waals surface area contributed by atoms with Crippen molar-refractivity contribution in [2.75, 3.05) is 0 Å². The minimum absolute atomic E-state index is 0.213. The van der Waals surface area contributed by atoms with Crippen LogP contribution >= 0.6 is 0 Å². The van der Waals surface area contributed by atoms with Crippen LogP contribution in [0.5, 0.6) is 11.5 Å². The molecule has 4 rings (SSSR count). The van der Waals surface area contributed by atoms with Gasteiger partial charge in [-0.2, -0.15) is 5.10 Å². The third-order valence-corrected chi connectivity index (χ3v) is 3.88.